The van der Waals surface area contributed by atoms with Crippen LogP contribution in [-0.2, 0) is 4.79 Å². The molecule has 0 N–H and O–H groups in total. The summed E-state index contributed by atoms with van der Waals surface area (Å²) in [6.07, 6.45) is -0.824. The van der Waals surface area contributed by atoms with E-state index in [2.05, 4.69) is 0 Å². The fourth-order valence-corrected chi connectivity index (χ4v) is 3.17. The van der Waals surface area contributed by atoms with Crippen molar-refractivity contribution in [2.24, 2.45) is 0 Å². The maximum atomic E-state index is 13.1. The van der Waals surface area contributed by atoms with E-state index in [-0.39, 0.29) is 22.8 Å². The third kappa shape index (κ3) is 3.90. The van der Waals surface area contributed by atoms with Gasteiger partial charge in [-0.1, -0.05) is 23.7 Å². The maximum Gasteiger partial charge on any atom is 0.263 e. The molecule has 1 heterocycles. The van der Waals surface area contributed by atoms with E-state index in [0.29, 0.717) is 34.6 Å². The monoisotopic (exact) mass is 399 g/mol. The lowest BCUT2D eigenvalue weighted by Gasteiger charge is -2.23. The molecule has 0 spiro atoms. The van der Waals surface area contributed by atoms with Crippen LogP contribution in [0.2, 0.25) is 5.02 Å². The highest BCUT2D eigenvalue weighted by atomic mass is 35.5. The minimum atomic E-state index is -0.824. The summed E-state index contributed by atoms with van der Waals surface area (Å²) in [5, 5.41) is 0.970. The van der Waals surface area contributed by atoms with Crippen molar-refractivity contribution in [1.82, 2.24) is 4.90 Å². The quantitative estimate of drug-likeness (QED) is 0.600. The van der Waals surface area contributed by atoms with Crippen molar-refractivity contribution < 1.29 is 13.9 Å². The Balaban J connectivity index is 2.12. The van der Waals surface area contributed by atoms with E-state index in [9.17, 15) is 9.59 Å². The van der Waals surface area contributed by atoms with Gasteiger partial charge in [0.05, 0.1) is 5.39 Å². The van der Waals surface area contributed by atoms with Gasteiger partial charge in [-0.05, 0) is 57.2 Å². The SMILES string of the molecule is CCN(CC)C(=O)C(C)Oc1c(-c2ccc(Cl)cc2)oc2ccccc2c1=O. The highest BCUT2D eigenvalue weighted by Crippen LogP contribution is 2.32. The molecule has 0 fully saturated rings. The number of nitrogens with zero attached hydrogens (tertiary/aromatic N) is 1. The molecule has 0 aliphatic heterocycles. The van der Waals surface area contributed by atoms with Gasteiger partial charge < -0.3 is 14.1 Å². The van der Waals surface area contributed by atoms with Crippen LogP contribution < -0.4 is 10.2 Å². The largest absolute Gasteiger partial charge is 0.473 e. The zero-order chi connectivity index (χ0) is 20.3. The molecule has 5 nitrogen and oxygen atoms in total. The van der Waals surface area contributed by atoms with Gasteiger partial charge in [0.25, 0.3) is 5.91 Å². The Morgan fingerprint density at radius 3 is 2.39 bits per heavy atom. The molecule has 3 aromatic rings. The molecule has 0 radical (unpaired) electrons. The lowest BCUT2D eigenvalue weighted by molar-refractivity contribution is -0.137. The van der Waals surface area contributed by atoms with E-state index in [1.807, 2.05) is 13.8 Å². The minimum Gasteiger partial charge on any atom is -0.473 e. The Hall–Kier alpha value is -2.79. The number of ether oxygens (including phenoxy) is 1. The van der Waals surface area contributed by atoms with Crippen LogP contribution in [-0.4, -0.2) is 30.0 Å². The number of para-hydroxylation sites is 1. The lowest BCUT2D eigenvalue weighted by atomic mass is 10.1. The van der Waals surface area contributed by atoms with E-state index in [1.54, 1.807) is 60.4 Å². The summed E-state index contributed by atoms with van der Waals surface area (Å²) in [7, 11) is 0. The average molecular weight is 400 g/mol. The van der Waals surface area contributed by atoms with E-state index >= 15 is 0 Å². The molecule has 1 amide bonds. The molecule has 1 aromatic heterocycles. The summed E-state index contributed by atoms with van der Waals surface area (Å²) >= 11 is 5.98. The van der Waals surface area contributed by atoms with Crippen molar-refractivity contribution in [2.45, 2.75) is 26.9 Å². The van der Waals surface area contributed by atoms with E-state index in [4.69, 9.17) is 20.8 Å². The minimum absolute atomic E-state index is 0.0222. The standard InChI is InChI=1S/C22H22ClNO4/c1-4-24(5-2)22(26)14(3)27-21-19(25)17-8-6-7-9-18(17)28-20(21)15-10-12-16(23)13-11-15/h6-14H,4-5H2,1-3H3. The number of rotatable bonds is 6. The molecule has 0 aliphatic rings. The van der Waals surface area contributed by atoms with Crippen molar-refractivity contribution in [3.8, 4) is 17.1 Å². The van der Waals surface area contributed by atoms with E-state index in [1.165, 1.54) is 0 Å². The number of fused-ring (bicyclic) bond motifs is 1. The molecule has 6 heteroatoms. The third-order valence-corrected chi connectivity index (χ3v) is 4.83. The van der Waals surface area contributed by atoms with Gasteiger partial charge in [0.15, 0.2) is 11.9 Å². The topological polar surface area (TPSA) is 59.8 Å². The summed E-state index contributed by atoms with van der Waals surface area (Å²) in [4.78, 5) is 27.4. The Labute approximate surface area is 168 Å². The summed E-state index contributed by atoms with van der Waals surface area (Å²) in [6, 6.07) is 13.9. The van der Waals surface area contributed by atoms with Crippen molar-refractivity contribution in [3.63, 3.8) is 0 Å². The number of benzene rings is 2. The molecule has 1 unspecified atom stereocenters. The number of carbonyl (C=O) groups excluding carboxylic acids is 1. The second kappa shape index (κ2) is 8.48. The first-order valence-corrected chi connectivity index (χ1v) is 9.61. The normalized spacial score (nSPS) is 12.0. The number of amides is 1. The summed E-state index contributed by atoms with van der Waals surface area (Å²) in [5.41, 5.74) is 0.781. The zero-order valence-corrected chi connectivity index (χ0v) is 16.8. The maximum absolute atomic E-state index is 13.1. The first-order chi connectivity index (χ1) is 13.5. The van der Waals surface area contributed by atoms with Gasteiger partial charge in [0, 0.05) is 23.7 Å². The number of hydrogen-bond acceptors (Lipinski definition) is 4. The Kier molecular flexibility index (Phi) is 6.05. The highest BCUT2D eigenvalue weighted by Gasteiger charge is 2.25. The van der Waals surface area contributed by atoms with Gasteiger partial charge >= 0.3 is 0 Å². The van der Waals surface area contributed by atoms with E-state index < -0.39 is 6.10 Å². The molecular weight excluding hydrogens is 378 g/mol. The molecule has 3 rings (SSSR count). The average Bonchev–Trinajstić information content (AvgIpc) is 2.71. The van der Waals surface area contributed by atoms with Crippen LogP contribution in [0.3, 0.4) is 0 Å². The Morgan fingerprint density at radius 1 is 1.11 bits per heavy atom. The molecule has 0 saturated carbocycles. The predicted molar refractivity (Wildman–Crippen MR) is 111 cm³/mol. The van der Waals surface area contributed by atoms with Crippen LogP contribution in [0.15, 0.2) is 57.7 Å². The number of hydrogen-bond donors (Lipinski definition) is 0. The van der Waals surface area contributed by atoms with Crippen LogP contribution in [0.4, 0.5) is 0 Å². The first-order valence-electron chi connectivity index (χ1n) is 9.23. The summed E-state index contributed by atoms with van der Waals surface area (Å²) < 4.78 is 11.9. The smallest absolute Gasteiger partial charge is 0.263 e. The van der Waals surface area contributed by atoms with Crippen molar-refractivity contribution in [3.05, 3.63) is 63.8 Å². The molecule has 1 atom stereocenters. The number of halogens is 1. The molecule has 0 saturated heterocycles. The second-order valence-corrected chi connectivity index (χ2v) is 6.80. The predicted octanol–water partition coefficient (Wildman–Crippen LogP) is 4.75. The van der Waals surface area contributed by atoms with Gasteiger partial charge in [-0.25, -0.2) is 0 Å². The van der Waals surface area contributed by atoms with Gasteiger partial charge in [0.1, 0.15) is 5.58 Å². The molecule has 0 aliphatic carbocycles. The molecule has 28 heavy (non-hydrogen) atoms. The fraction of sp³-hybridized carbons (Fsp3) is 0.273. The van der Waals surface area contributed by atoms with Gasteiger partial charge in [-0.2, -0.15) is 0 Å². The fourth-order valence-electron chi connectivity index (χ4n) is 3.04. The van der Waals surface area contributed by atoms with Crippen molar-refractivity contribution >= 4 is 28.5 Å². The molecule has 146 valence electrons. The first kappa shape index (κ1) is 20.0. The van der Waals surface area contributed by atoms with Crippen LogP contribution in [0.25, 0.3) is 22.3 Å². The van der Waals surface area contributed by atoms with Gasteiger partial charge in [0.2, 0.25) is 11.2 Å². The number of carbonyl (C=O) groups is 1. The second-order valence-electron chi connectivity index (χ2n) is 6.36. The Morgan fingerprint density at radius 2 is 1.75 bits per heavy atom. The lowest BCUT2D eigenvalue weighted by Crippen LogP contribution is -2.40. The summed E-state index contributed by atoms with van der Waals surface area (Å²) in [5.74, 6) is 0.119. The van der Waals surface area contributed by atoms with Crippen LogP contribution in [0, 0.1) is 0 Å². The van der Waals surface area contributed by atoms with Crippen molar-refractivity contribution in [2.75, 3.05) is 13.1 Å². The van der Waals surface area contributed by atoms with Crippen LogP contribution in [0.5, 0.6) is 5.75 Å². The zero-order valence-electron chi connectivity index (χ0n) is 16.1. The Bertz CT molecular complexity index is 1040. The van der Waals surface area contributed by atoms with Gasteiger partial charge in [-0.15, -0.1) is 0 Å². The molecule has 2 aromatic carbocycles. The third-order valence-electron chi connectivity index (χ3n) is 4.58. The van der Waals surface area contributed by atoms with Gasteiger partial charge in [-0.3, -0.25) is 9.59 Å². The highest BCUT2D eigenvalue weighted by molar-refractivity contribution is 6.30. The molecular formula is C22H22ClNO4. The van der Waals surface area contributed by atoms with Crippen molar-refractivity contribution in [1.29, 1.82) is 0 Å². The summed E-state index contributed by atoms with van der Waals surface area (Å²) in [6.45, 7) is 6.58. The van der Waals surface area contributed by atoms with Crippen LogP contribution >= 0.6 is 11.6 Å². The molecule has 0 bridgehead atoms. The van der Waals surface area contributed by atoms with E-state index in [0.717, 1.165) is 0 Å². The van der Waals surface area contributed by atoms with Crippen LogP contribution in [0.1, 0.15) is 20.8 Å². The number of likely N-dealkylation sites (N-methyl/N-ethyl adjacent to an activating group) is 1.